The third-order valence-corrected chi connectivity index (χ3v) is 3.80. The van der Waals surface area contributed by atoms with Gasteiger partial charge in [0, 0.05) is 27.5 Å². The number of nitrogens with two attached hydrogens (primary N) is 1. The Bertz CT molecular complexity index is 766. The van der Waals surface area contributed by atoms with E-state index >= 15 is 0 Å². The maximum atomic E-state index is 9.96. The van der Waals surface area contributed by atoms with Crippen molar-refractivity contribution in [1.29, 1.82) is 0 Å². The van der Waals surface area contributed by atoms with Crippen molar-refractivity contribution in [2.75, 3.05) is 5.73 Å². The van der Waals surface area contributed by atoms with Gasteiger partial charge in [0.25, 0.3) is 0 Å². The molecular weight excluding hydrogens is 248 g/mol. The molecule has 0 aliphatic heterocycles. The standard InChI is InChI=1S/C17H20N2O/c1-17(2,20)10-9-11-13(18)7-8-15-16(11)12-5-3-4-6-14(12)19-15/h3-8,19-20H,9-10,18H2,1-2H3. The van der Waals surface area contributed by atoms with Crippen molar-refractivity contribution in [3.05, 3.63) is 42.0 Å². The second kappa shape index (κ2) is 4.53. The number of H-pyrrole nitrogens is 1. The molecule has 104 valence electrons. The fourth-order valence-electron chi connectivity index (χ4n) is 2.73. The zero-order valence-electron chi connectivity index (χ0n) is 11.9. The summed E-state index contributed by atoms with van der Waals surface area (Å²) >= 11 is 0. The first-order valence-electron chi connectivity index (χ1n) is 6.96. The van der Waals surface area contributed by atoms with E-state index in [9.17, 15) is 5.11 Å². The van der Waals surface area contributed by atoms with Crippen molar-refractivity contribution in [3.63, 3.8) is 0 Å². The van der Waals surface area contributed by atoms with Crippen LogP contribution in [-0.4, -0.2) is 15.7 Å². The monoisotopic (exact) mass is 268 g/mol. The van der Waals surface area contributed by atoms with Crippen LogP contribution >= 0.6 is 0 Å². The van der Waals surface area contributed by atoms with Gasteiger partial charge in [-0.1, -0.05) is 18.2 Å². The van der Waals surface area contributed by atoms with Gasteiger partial charge in [-0.3, -0.25) is 0 Å². The van der Waals surface area contributed by atoms with Gasteiger partial charge in [0.1, 0.15) is 0 Å². The van der Waals surface area contributed by atoms with Crippen molar-refractivity contribution in [1.82, 2.24) is 4.98 Å². The Hall–Kier alpha value is -2.00. The quantitative estimate of drug-likeness (QED) is 0.635. The zero-order chi connectivity index (χ0) is 14.3. The number of aliphatic hydroxyl groups is 1. The molecule has 3 heteroatoms. The number of hydrogen-bond donors (Lipinski definition) is 3. The number of para-hydroxylation sites is 1. The van der Waals surface area contributed by atoms with Crippen molar-refractivity contribution in [3.8, 4) is 0 Å². The van der Waals surface area contributed by atoms with Crippen LogP contribution in [-0.2, 0) is 6.42 Å². The highest BCUT2D eigenvalue weighted by Gasteiger charge is 2.16. The molecule has 0 aliphatic rings. The van der Waals surface area contributed by atoms with Crippen LogP contribution in [0.25, 0.3) is 21.8 Å². The smallest absolute Gasteiger partial charge is 0.0595 e. The topological polar surface area (TPSA) is 62.0 Å². The van der Waals surface area contributed by atoms with E-state index in [0.29, 0.717) is 6.42 Å². The Labute approximate surface area is 118 Å². The van der Waals surface area contributed by atoms with Crippen LogP contribution in [0, 0.1) is 0 Å². The number of benzene rings is 2. The Morgan fingerprint density at radius 2 is 1.85 bits per heavy atom. The first-order chi connectivity index (χ1) is 9.46. The van der Waals surface area contributed by atoms with Gasteiger partial charge in [0.15, 0.2) is 0 Å². The molecule has 1 heterocycles. The van der Waals surface area contributed by atoms with Gasteiger partial charge in [-0.15, -0.1) is 0 Å². The highest BCUT2D eigenvalue weighted by molar-refractivity contribution is 6.10. The molecule has 0 saturated carbocycles. The lowest BCUT2D eigenvalue weighted by molar-refractivity contribution is 0.0715. The lowest BCUT2D eigenvalue weighted by Crippen LogP contribution is -2.19. The molecule has 3 aromatic rings. The fourth-order valence-corrected chi connectivity index (χ4v) is 2.73. The minimum atomic E-state index is -0.680. The number of rotatable bonds is 3. The molecule has 2 aromatic carbocycles. The molecule has 3 rings (SSSR count). The van der Waals surface area contributed by atoms with Gasteiger partial charge in [-0.05, 0) is 50.5 Å². The first kappa shape index (κ1) is 13.0. The van der Waals surface area contributed by atoms with E-state index in [1.807, 2.05) is 38.1 Å². The third kappa shape index (κ3) is 2.25. The Kier molecular flexibility index (Phi) is 2.94. The summed E-state index contributed by atoms with van der Waals surface area (Å²) in [5.74, 6) is 0. The molecule has 0 aliphatic carbocycles. The molecule has 0 radical (unpaired) electrons. The van der Waals surface area contributed by atoms with E-state index in [2.05, 4.69) is 17.1 Å². The molecule has 0 unspecified atom stereocenters. The van der Waals surface area contributed by atoms with Gasteiger partial charge < -0.3 is 15.8 Å². The van der Waals surface area contributed by atoms with Crippen LogP contribution in [0.3, 0.4) is 0 Å². The maximum absolute atomic E-state index is 9.96. The summed E-state index contributed by atoms with van der Waals surface area (Å²) in [4.78, 5) is 3.42. The maximum Gasteiger partial charge on any atom is 0.0595 e. The molecule has 4 N–H and O–H groups in total. The molecule has 0 saturated heterocycles. The number of anilines is 1. The molecule has 3 nitrogen and oxygen atoms in total. The Morgan fingerprint density at radius 1 is 1.10 bits per heavy atom. The predicted octanol–water partition coefficient (Wildman–Crippen LogP) is 3.61. The lowest BCUT2D eigenvalue weighted by atomic mass is 9.95. The van der Waals surface area contributed by atoms with Crippen LogP contribution in [0.2, 0.25) is 0 Å². The van der Waals surface area contributed by atoms with Crippen molar-refractivity contribution in [2.24, 2.45) is 0 Å². The van der Waals surface area contributed by atoms with Gasteiger partial charge in [-0.2, -0.15) is 0 Å². The Balaban J connectivity index is 2.20. The van der Waals surface area contributed by atoms with E-state index < -0.39 is 5.60 Å². The second-order valence-electron chi connectivity index (χ2n) is 6.04. The Morgan fingerprint density at radius 3 is 2.60 bits per heavy atom. The van der Waals surface area contributed by atoms with Gasteiger partial charge >= 0.3 is 0 Å². The summed E-state index contributed by atoms with van der Waals surface area (Å²) in [6, 6.07) is 12.2. The number of nitrogen functional groups attached to an aromatic ring is 1. The molecule has 1 aromatic heterocycles. The van der Waals surface area contributed by atoms with E-state index in [0.717, 1.165) is 28.7 Å². The average molecular weight is 268 g/mol. The summed E-state index contributed by atoms with van der Waals surface area (Å²) in [7, 11) is 0. The van der Waals surface area contributed by atoms with Crippen molar-refractivity contribution < 1.29 is 5.11 Å². The van der Waals surface area contributed by atoms with Gasteiger partial charge in [0.05, 0.1) is 5.60 Å². The normalized spacial score (nSPS) is 12.3. The van der Waals surface area contributed by atoms with Crippen LogP contribution in [0.1, 0.15) is 25.8 Å². The number of fused-ring (bicyclic) bond motifs is 3. The van der Waals surface area contributed by atoms with Crippen LogP contribution in [0.5, 0.6) is 0 Å². The van der Waals surface area contributed by atoms with Crippen molar-refractivity contribution in [2.45, 2.75) is 32.3 Å². The third-order valence-electron chi connectivity index (χ3n) is 3.80. The number of aromatic amines is 1. The van der Waals surface area contributed by atoms with E-state index in [4.69, 9.17) is 5.73 Å². The molecular formula is C17H20N2O. The number of aromatic nitrogens is 1. The zero-order valence-corrected chi connectivity index (χ0v) is 11.9. The molecule has 0 atom stereocenters. The van der Waals surface area contributed by atoms with Crippen molar-refractivity contribution >= 4 is 27.5 Å². The largest absolute Gasteiger partial charge is 0.398 e. The minimum Gasteiger partial charge on any atom is -0.398 e. The van der Waals surface area contributed by atoms with Crippen LogP contribution in [0.15, 0.2) is 36.4 Å². The van der Waals surface area contributed by atoms with E-state index in [1.54, 1.807) is 0 Å². The molecule has 20 heavy (non-hydrogen) atoms. The van der Waals surface area contributed by atoms with Gasteiger partial charge in [0.2, 0.25) is 0 Å². The molecule has 0 bridgehead atoms. The van der Waals surface area contributed by atoms with E-state index in [1.165, 1.54) is 10.8 Å². The summed E-state index contributed by atoms with van der Waals surface area (Å²) in [5, 5.41) is 12.3. The van der Waals surface area contributed by atoms with E-state index in [-0.39, 0.29) is 0 Å². The van der Waals surface area contributed by atoms with Crippen LogP contribution in [0.4, 0.5) is 5.69 Å². The van der Waals surface area contributed by atoms with Gasteiger partial charge in [-0.25, -0.2) is 0 Å². The molecule has 0 spiro atoms. The summed E-state index contributed by atoms with van der Waals surface area (Å²) in [6.07, 6.45) is 1.46. The lowest BCUT2D eigenvalue weighted by Gasteiger charge is -2.18. The number of hydrogen-bond acceptors (Lipinski definition) is 2. The summed E-state index contributed by atoms with van der Waals surface area (Å²) in [5.41, 5.74) is 9.64. The second-order valence-corrected chi connectivity index (χ2v) is 6.04. The fraction of sp³-hybridized carbons (Fsp3) is 0.294. The minimum absolute atomic E-state index is 0.680. The highest BCUT2D eigenvalue weighted by Crippen LogP contribution is 2.33. The molecule has 0 amide bonds. The average Bonchev–Trinajstić information content (AvgIpc) is 2.75. The molecule has 0 fully saturated rings. The predicted molar refractivity (Wildman–Crippen MR) is 84.8 cm³/mol. The summed E-state index contributed by atoms with van der Waals surface area (Å²) in [6.45, 7) is 3.66. The first-order valence-corrected chi connectivity index (χ1v) is 6.96. The number of aryl methyl sites for hydroxylation is 1. The SMILES string of the molecule is CC(C)(O)CCc1c(N)ccc2[nH]c3ccccc3c12. The summed E-state index contributed by atoms with van der Waals surface area (Å²) < 4.78 is 0. The highest BCUT2D eigenvalue weighted by atomic mass is 16.3. The van der Waals surface area contributed by atoms with Crippen LogP contribution < -0.4 is 5.73 Å². The number of nitrogens with one attached hydrogen (secondary N) is 1.